The number of hydrogen-bond donors (Lipinski definition) is 2. The summed E-state index contributed by atoms with van der Waals surface area (Å²) in [5.41, 5.74) is 1.24. The van der Waals surface area contributed by atoms with Crippen LogP contribution in [-0.2, 0) is 9.53 Å². The molecule has 1 heterocycles. The van der Waals surface area contributed by atoms with Gasteiger partial charge in [0.05, 0.1) is 20.3 Å². The number of methoxy groups -OCH3 is 2. The van der Waals surface area contributed by atoms with Crippen molar-refractivity contribution in [1.29, 1.82) is 0 Å². The molecule has 0 saturated carbocycles. The third-order valence-electron chi connectivity index (χ3n) is 6.23. The van der Waals surface area contributed by atoms with Crippen molar-refractivity contribution >= 4 is 17.9 Å². The minimum Gasteiger partial charge on any atom is -0.497 e. The van der Waals surface area contributed by atoms with Crippen molar-refractivity contribution in [2.24, 2.45) is 0 Å². The van der Waals surface area contributed by atoms with Crippen LogP contribution in [0.3, 0.4) is 0 Å². The molecule has 0 aliphatic carbocycles. The molecular weight excluding hydrogens is 512 g/mol. The number of carbonyl (C=O) groups is 2. The Kier molecular flexibility index (Phi) is 10.4. The lowest BCUT2D eigenvalue weighted by Crippen LogP contribution is -2.38. The number of ether oxygens (including phenoxy) is 5. The maximum absolute atomic E-state index is 13.1. The average molecular weight is 547 g/mol. The van der Waals surface area contributed by atoms with E-state index in [1.54, 1.807) is 56.7 Å². The maximum atomic E-state index is 13.1. The average Bonchev–Trinajstić information content (AvgIpc) is 3.52. The van der Waals surface area contributed by atoms with Crippen molar-refractivity contribution in [1.82, 2.24) is 10.6 Å². The fourth-order valence-corrected chi connectivity index (χ4v) is 4.08. The molecule has 0 unspecified atom stereocenters. The van der Waals surface area contributed by atoms with Gasteiger partial charge in [-0.3, -0.25) is 9.59 Å². The van der Waals surface area contributed by atoms with Crippen LogP contribution in [0, 0.1) is 0 Å². The quantitative estimate of drug-likeness (QED) is 0.244. The number of amides is 2. The Labute approximate surface area is 234 Å². The molecule has 9 heteroatoms. The lowest BCUT2D eigenvalue weighted by atomic mass is 10.1. The molecule has 1 fully saturated rings. The van der Waals surface area contributed by atoms with Crippen molar-refractivity contribution in [3.05, 3.63) is 89.6 Å². The van der Waals surface area contributed by atoms with Gasteiger partial charge in [0, 0.05) is 18.7 Å². The molecular formula is C31H34N2O7. The summed E-state index contributed by atoms with van der Waals surface area (Å²) < 4.78 is 27.6. The van der Waals surface area contributed by atoms with E-state index in [0.717, 1.165) is 18.4 Å². The summed E-state index contributed by atoms with van der Waals surface area (Å²) in [7, 11) is 3.15. The number of para-hydroxylation sites is 2. The molecule has 2 amide bonds. The van der Waals surface area contributed by atoms with Crippen molar-refractivity contribution in [3.63, 3.8) is 0 Å². The zero-order valence-electron chi connectivity index (χ0n) is 22.7. The molecule has 1 atom stereocenters. The normalized spacial score (nSPS) is 14.8. The van der Waals surface area contributed by atoms with Crippen LogP contribution in [-0.4, -0.2) is 58.5 Å². The molecule has 2 N–H and O–H groups in total. The Morgan fingerprint density at radius 2 is 1.57 bits per heavy atom. The molecule has 210 valence electrons. The fraction of sp³-hybridized carbons (Fsp3) is 0.290. The predicted molar refractivity (Wildman–Crippen MR) is 151 cm³/mol. The Hall–Kier alpha value is -4.50. The van der Waals surface area contributed by atoms with E-state index in [1.165, 1.54) is 0 Å². The topological polar surface area (TPSA) is 104 Å². The highest BCUT2D eigenvalue weighted by Crippen LogP contribution is 2.25. The highest BCUT2D eigenvalue weighted by molar-refractivity contribution is 6.05. The minimum absolute atomic E-state index is 0.0223. The number of carbonyl (C=O) groups excluding carboxylic acids is 2. The first-order valence-corrected chi connectivity index (χ1v) is 13.1. The summed E-state index contributed by atoms with van der Waals surface area (Å²) in [5, 5.41) is 5.62. The second-order valence-electron chi connectivity index (χ2n) is 9.00. The Bertz CT molecular complexity index is 1280. The summed E-state index contributed by atoms with van der Waals surface area (Å²) in [4.78, 5) is 26.0. The van der Waals surface area contributed by atoms with Crippen LogP contribution < -0.4 is 29.6 Å². The fourth-order valence-electron chi connectivity index (χ4n) is 4.08. The van der Waals surface area contributed by atoms with Crippen LogP contribution in [0.5, 0.6) is 23.0 Å². The van der Waals surface area contributed by atoms with Gasteiger partial charge in [-0.15, -0.1) is 0 Å². The lowest BCUT2D eigenvalue weighted by Gasteiger charge is -2.14. The first-order chi connectivity index (χ1) is 19.6. The molecule has 3 aromatic rings. The second kappa shape index (κ2) is 14.6. The molecule has 0 bridgehead atoms. The van der Waals surface area contributed by atoms with E-state index in [0.29, 0.717) is 54.9 Å². The number of hydrogen-bond acceptors (Lipinski definition) is 7. The first kappa shape index (κ1) is 28.5. The smallest absolute Gasteiger partial charge is 0.267 e. The SMILES string of the molecule is COc1ccc(C(=O)N/C(=C\c2ccc(OCCOc3ccccc3OC)cc2)C(=O)NC[C@@H]2CCCO2)cc1. The predicted octanol–water partition coefficient (Wildman–Crippen LogP) is 4.23. The van der Waals surface area contributed by atoms with Gasteiger partial charge in [-0.25, -0.2) is 0 Å². The van der Waals surface area contributed by atoms with Crippen molar-refractivity contribution in [2.75, 3.05) is 40.6 Å². The Balaban J connectivity index is 1.38. The van der Waals surface area contributed by atoms with E-state index in [2.05, 4.69) is 10.6 Å². The Morgan fingerprint density at radius 1 is 0.875 bits per heavy atom. The van der Waals surface area contributed by atoms with Gasteiger partial charge in [-0.2, -0.15) is 0 Å². The molecule has 4 rings (SSSR count). The zero-order valence-corrected chi connectivity index (χ0v) is 22.7. The maximum Gasteiger partial charge on any atom is 0.267 e. The summed E-state index contributed by atoms with van der Waals surface area (Å²) in [6.45, 7) is 1.74. The van der Waals surface area contributed by atoms with Crippen LogP contribution in [0.4, 0.5) is 0 Å². The van der Waals surface area contributed by atoms with Crippen LogP contribution >= 0.6 is 0 Å². The molecule has 3 aromatic carbocycles. The van der Waals surface area contributed by atoms with E-state index in [1.807, 2.05) is 36.4 Å². The second-order valence-corrected chi connectivity index (χ2v) is 9.00. The largest absolute Gasteiger partial charge is 0.497 e. The van der Waals surface area contributed by atoms with Crippen LogP contribution in [0.2, 0.25) is 0 Å². The van der Waals surface area contributed by atoms with E-state index in [4.69, 9.17) is 23.7 Å². The molecule has 0 aromatic heterocycles. The first-order valence-electron chi connectivity index (χ1n) is 13.1. The third kappa shape index (κ3) is 8.25. The third-order valence-corrected chi connectivity index (χ3v) is 6.23. The van der Waals surface area contributed by atoms with E-state index >= 15 is 0 Å². The Morgan fingerprint density at radius 3 is 2.25 bits per heavy atom. The monoisotopic (exact) mass is 546 g/mol. The van der Waals surface area contributed by atoms with Crippen LogP contribution in [0.15, 0.2) is 78.5 Å². The number of rotatable bonds is 13. The highest BCUT2D eigenvalue weighted by Gasteiger charge is 2.19. The summed E-state index contributed by atoms with van der Waals surface area (Å²) in [5.74, 6) is 1.79. The summed E-state index contributed by atoms with van der Waals surface area (Å²) in [6.07, 6.45) is 3.47. The van der Waals surface area contributed by atoms with Gasteiger partial charge in [0.2, 0.25) is 0 Å². The van der Waals surface area contributed by atoms with Gasteiger partial charge in [0.25, 0.3) is 11.8 Å². The molecule has 1 aliphatic heterocycles. The molecule has 1 aliphatic rings. The summed E-state index contributed by atoms with van der Waals surface area (Å²) in [6, 6.07) is 21.3. The van der Waals surface area contributed by atoms with Gasteiger partial charge in [-0.05, 0) is 73.0 Å². The van der Waals surface area contributed by atoms with Crippen molar-refractivity contribution in [3.8, 4) is 23.0 Å². The van der Waals surface area contributed by atoms with E-state index in [9.17, 15) is 9.59 Å². The highest BCUT2D eigenvalue weighted by atomic mass is 16.5. The molecule has 0 radical (unpaired) electrons. The van der Waals surface area contributed by atoms with E-state index in [-0.39, 0.29) is 11.8 Å². The number of nitrogens with one attached hydrogen (secondary N) is 2. The van der Waals surface area contributed by atoms with Crippen LogP contribution in [0.25, 0.3) is 6.08 Å². The molecule has 40 heavy (non-hydrogen) atoms. The van der Waals surface area contributed by atoms with Crippen molar-refractivity contribution in [2.45, 2.75) is 18.9 Å². The molecule has 9 nitrogen and oxygen atoms in total. The van der Waals surface area contributed by atoms with Gasteiger partial charge in [0.1, 0.15) is 30.4 Å². The van der Waals surface area contributed by atoms with Gasteiger partial charge in [0.15, 0.2) is 11.5 Å². The molecule has 1 saturated heterocycles. The standard InChI is InChI=1S/C31H34N2O7/c1-36-24-15-11-23(12-16-24)30(34)33-27(31(35)32-21-26-6-5-17-38-26)20-22-9-13-25(14-10-22)39-18-19-40-29-8-4-3-7-28(29)37-2/h3-4,7-16,20,26H,5-6,17-19,21H2,1-2H3,(H,32,35)(H,33,34)/b27-20-/t26-/m0/s1. The molecule has 0 spiro atoms. The zero-order chi connectivity index (χ0) is 28.2. The van der Waals surface area contributed by atoms with Gasteiger partial charge < -0.3 is 34.3 Å². The van der Waals surface area contributed by atoms with Crippen LogP contribution in [0.1, 0.15) is 28.8 Å². The number of benzene rings is 3. The van der Waals surface area contributed by atoms with Gasteiger partial charge >= 0.3 is 0 Å². The van der Waals surface area contributed by atoms with E-state index < -0.39 is 11.8 Å². The lowest BCUT2D eigenvalue weighted by molar-refractivity contribution is -0.118. The summed E-state index contributed by atoms with van der Waals surface area (Å²) >= 11 is 0. The van der Waals surface area contributed by atoms with Crippen molar-refractivity contribution < 1.29 is 33.3 Å². The minimum atomic E-state index is -0.406. The van der Waals surface area contributed by atoms with Gasteiger partial charge in [-0.1, -0.05) is 24.3 Å².